The van der Waals surface area contributed by atoms with Gasteiger partial charge in [-0.2, -0.15) is 5.10 Å². The molecule has 5 rings (SSSR count). The van der Waals surface area contributed by atoms with E-state index >= 15 is 0 Å². The lowest BCUT2D eigenvalue weighted by Crippen LogP contribution is -2.42. The summed E-state index contributed by atoms with van der Waals surface area (Å²) >= 11 is 0. The number of H-pyrrole nitrogens is 1. The van der Waals surface area contributed by atoms with E-state index < -0.39 is 6.09 Å². The number of hydrogen-bond donors (Lipinski definition) is 2. The van der Waals surface area contributed by atoms with E-state index in [1.807, 2.05) is 6.92 Å². The first kappa shape index (κ1) is 19.4. The van der Waals surface area contributed by atoms with Crippen molar-refractivity contribution < 1.29 is 18.7 Å². The lowest BCUT2D eigenvalue weighted by Gasteiger charge is -2.19. The fourth-order valence-corrected chi connectivity index (χ4v) is 3.89. The Morgan fingerprint density at radius 1 is 1.45 bits per heavy atom. The highest BCUT2D eigenvalue weighted by Crippen LogP contribution is 2.30. The van der Waals surface area contributed by atoms with Crippen LogP contribution >= 0.6 is 0 Å². The summed E-state index contributed by atoms with van der Waals surface area (Å²) in [4.78, 5) is 24.3. The van der Waals surface area contributed by atoms with Crippen LogP contribution < -0.4 is 10.1 Å². The van der Waals surface area contributed by atoms with E-state index in [0.717, 1.165) is 18.2 Å². The zero-order valence-electron chi connectivity index (χ0n) is 17.1. The molecule has 10 heteroatoms. The highest BCUT2D eigenvalue weighted by molar-refractivity contribution is 5.93. The molecule has 3 aromatic heterocycles. The minimum absolute atomic E-state index is 0.0100. The second-order valence-electron chi connectivity index (χ2n) is 7.61. The van der Waals surface area contributed by atoms with Crippen molar-refractivity contribution in [1.82, 2.24) is 30.0 Å². The minimum Gasteiger partial charge on any atom is -0.406 e. The Morgan fingerprint density at radius 3 is 3.13 bits per heavy atom. The fraction of sp³-hybridized carbons (Fsp3) is 0.333. The zero-order chi connectivity index (χ0) is 21.5. The minimum atomic E-state index is -0.588. The number of aryl methyl sites for hydroxylation is 1. The molecule has 0 spiro atoms. The topological polar surface area (TPSA) is 107 Å². The highest BCUT2D eigenvalue weighted by atomic mass is 19.1. The van der Waals surface area contributed by atoms with Gasteiger partial charge in [0.15, 0.2) is 16.9 Å². The van der Waals surface area contributed by atoms with E-state index in [0.29, 0.717) is 34.7 Å². The number of rotatable bonds is 4. The van der Waals surface area contributed by atoms with Gasteiger partial charge in [-0.25, -0.2) is 19.2 Å². The third-order valence-corrected chi connectivity index (χ3v) is 5.47. The van der Waals surface area contributed by atoms with Gasteiger partial charge < -0.3 is 19.8 Å². The van der Waals surface area contributed by atoms with Crippen LogP contribution in [0.3, 0.4) is 0 Å². The fourth-order valence-electron chi connectivity index (χ4n) is 3.89. The number of ether oxygens (including phenoxy) is 2. The van der Waals surface area contributed by atoms with Crippen molar-refractivity contribution in [3.63, 3.8) is 0 Å². The van der Waals surface area contributed by atoms with Crippen LogP contribution in [-0.2, 0) is 11.8 Å². The Kier molecular flexibility index (Phi) is 4.78. The maximum Gasteiger partial charge on any atom is 0.413 e. The second-order valence-corrected chi connectivity index (χ2v) is 7.61. The van der Waals surface area contributed by atoms with Crippen molar-refractivity contribution in [3.8, 4) is 17.1 Å². The normalized spacial score (nSPS) is 17.3. The van der Waals surface area contributed by atoms with Gasteiger partial charge in [-0.1, -0.05) is 0 Å². The number of aromatic amines is 1. The van der Waals surface area contributed by atoms with Crippen LogP contribution in [0.2, 0.25) is 0 Å². The van der Waals surface area contributed by atoms with Crippen molar-refractivity contribution in [2.45, 2.75) is 31.9 Å². The van der Waals surface area contributed by atoms with Crippen molar-refractivity contribution in [2.75, 3.05) is 6.61 Å². The first-order valence-electron chi connectivity index (χ1n) is 10.1. The number of carbonyl (C=O) groups excluding carboxylic acids is 1. The molecule has 1 aliphatic heterocycles. The third-order valence-electron chi connectivity index (χ3n) is 5.47. The van der Waals surface area contributed by atoms with Gasteiger partial charge in [-0.05, 0) is 38.0 Å². The highest BCUT2D eigenvalue weighted by Gasteiger charge is 2.25. The molecular weight excluding hydrogens is 403 g/mol. The number of nitrogens with zero attached hydrogens (tertiary/aromatic N) is 4. The number of carbonyl (C=O) groups is 1. The van der Waals surface area contributed by atoms with Gasteiger partial charge in [0.2, 0.25) is 0 Å². The largest absolute Gasteiger partial charge is 0.413 e. The number of hydrogen-bond acceptors (Lipinski definition) is 6. The van der Waals surface area contributed by atoms with Crippen LogP contribution in [0.5, 0.6) is 5.75 Å². The van der Waals surface area contributed by atoms with Gasteiger partial charge in [-0.3, -0.25) is 4.68 Å². The first-order chi connectivity index (χ1) is 15.0. The van der Waals surface area contributed by atoms with Crippen LogP contribution in [0.4, 0.5) is 9.18 Å². The average molecular weight is 424 g/mol. The lowest BCUT2D eigenvalue weighted by molar-refractivity contribution is 0.0829. The van der Waals surface area contributed by atoms with Gasteiger partial charge in [0.05, 0.1) is 23.9 Å². The molecule has 31 heavy (non-hydrogen) atoms. The summed E-state index contributed by atoms with van der Waals surface area (Å²) < 4.78 is 26.3. The molecule has 0 radical (unpaired) electrons. The monoisotopic (exact) mass is 424 g/mol. The molecule has 2 atom stereocenters. The molecule has 160 valence electrons. The maximum absolute atomic E-state index is 13.6. The number of amides is 1. The predicted octanol–water partition coefficient (Wildman–Crippen LogP) is 3.31. The number of halogens is 1. The van der Waals surface area contributed by atoms with Crippen molar-refractivity contribution >= 4 is 28.2 Å². The standard InChI is InChI=1S/C21H21FN6O3/c1-11(16-4-3-7-30-16)25-21(29)31-17-10-24-20-19(17)26-14(9-23-20)18-13-6-5-12(22)8-15(13)28(2)27-18/h5-6,8-11,16H,3-4,7H2,1-2H3,(H,23,24)(H,25,29)/t11-,16-/m1/s1. The summed E-state index contributed by atoms with van der Waals surface area (Å²) in [5.41, 5.74) is 2.58. The molecule has 0 aliphatic carbocycles. The summed E-state index contributed by atoms with van der Waals surface area (Å²) in [5.74, 6) is -0.0826. The summed E-state index contributed by atoms with van der Waals surface area (Å²) in [5, 5.41) is 8.02. The zero-order valence-corrected chi connectivity index (χ0v) is 17.1. The Morgan fingerprint density at radius 2 is 2.32 bits per heavy atom. The van der Waals surface area contributed by atoms with E-state index in [1.54, 1.807) is 24.0 Å². The smallest absolute Gasteiger partial charge is 0.406 e. The van der Waals surface area contributed by atoms with Crippen molar-refractivity contribution in [2.24, 2.45) is 7.05 Å². The molecule has 0 saturated carbocycles. The number of aromatic nitrogens is 5. The van der Waals surface area contributed by atoms with E-state index in [2.05, 4.69) is 25.4 Å². The van der Waals surface area contributed by atoms with Crippen molar-refractivity contribution in [1.29, 1.82) is 0 Å². The molecule has 1 fully saturated rings. The van der Waals surface area contributed by atoms with Crippen LogP contribution in [0.1, 0.15) is 19.8 Å². The quantitative estimate of drug-likeness (QED) is 0.521. The molecular formula is C21H21FN6O3. The average Bonchev–Trinajstić information content (AvgIpc) is 3.48. The number of fused-ring (bicyclic) bond motifs is 2. The van der Waals surface area contributed by atoms with Crippen LogP contribution in [0.15, 0.2) is 30.6 Å². The number of benzene rings is 1. The van der Waals surface area contributed by atoms with E-state index in [4.69, 9.17) is 9.47 Å². The Balaban J connectivity index is 1.43. The molecule has 1 saturated heterocycles. The molecule has 2 N–H and O–H groups in total. The Bertz CT molecular complexity index is 1280. The van der Waals surface area contributed by atoms with Gasteiger partial charge in [0.25, 0.3) is 0 Å². The molecule has 1 aliphatic rings. The molecule has 4 heterocycles. The Hall–Kier alpha value is -3.53. The van der Waals surface area contributed by atoms with Gasteiger partial charge in [0.1, 0.15) is 17.2 Å². The van der Waals surface area contributed by atoms with E-state index in [9.17, 15) is 9.18 Å². The molecule has 0 unspecified atom stereocenters. The van der Waals surface area contributed by atoms with E-state index in [-0.39, 0.29) is 23.7 Å². The lowest BCUT2D eigenvalue weighted by atomic mass is 10.1. The SMILES string of the molecule is C[C@@H](NC(=O)Oc1c[nH]c2ncc(-c3nn(C)c4cc(F)ccc34)nc12)[C@H]1CCCO1. The maximum atomic E-state index is 13.6. The van der Waals surface area contributed by atoms with E-state index in [1.165, 1.54) is 18.3 Å². The van der Waals surface area contributed by atoms with Crippen LogP contribution in [-0.4, -0.2) is 49.6 Å². The molecule has 9 nitrogen and oxygen atoms in total. The van der Waals surface area contributed by atoms with Gasteiger partial charge in [0, 0.05) is 25.2 Å². The summed E-state index contributed by atoms with van der Waals surface area (Å²) in [6.45, 7) is 2.60. The molecule has 4 aromatic rings. The second kappa shape index (κ2) is 7.62. The van der Waals surface area contributed by atoms with Crippen LogP contribution in [0, 0.1) is 5.82 Å². The summed E-state index contributed by atoms with van der Waals surface area (Å²) in [7, 11) is 1.74. The number of nitrogens with one attached hydrogen (secondary N) is 2. The van der Waals surface area contributed by atoms with Crippen molar-refractivity contribution in [3.05, 3.63) is 36.4 Å². The molecule has 1 amide bonds. The van der Waals surface area contributed by atoms with Gasteiger partial charge >= 0.3 is 6.09 Å². The predicted molar refractivity (Wildman–Crippen MR) is 111 cm³/mol. The first-order valence-corrected chi connectivity index (χ1v) is 10.1. The molecule has 1 aromatic carbocycles. The summed E-state index contributed by atoms with van der Waals surface area (Å²) in [6, 6.07) is 4.29. The third kappa shape index (κ3) is 3.59. The summed E-state index contributed by atoms with van der Waals surface area (Å²) in [6.07, 6.45) is 4.41. The van der Waals surface area contributed by atoms with Gasteiger partial charge in [-0.15, -0.1) is 0 Å². The molecule has 0 bridgehead atoms. The Labute approximate surface area is 176 Å². The van der Waals surface area contributed by atoms with Crippen LogP contribution in [0.25, 0.3) is 33.5 Å².